The van der Waals surface area contributed by atoms with Gasteiger partial charge in [0.25, 0.3) is 0 Å². The van der Waals surface area contributed by atoms with E-state index in [4.69, 9.17) is 14.2 Å². The van der Waals surface area contributed by atoms with E-state index >= 15 is 0 Å². The molecular formula is C29H44O6. The minimum absolute atomic E-state index is 0.0384. The van der Waals surface area contributed by atoms with Gasteiger partial charge in [-0.2, -0.15) is 0 Å². The lowest BCUT2D eigenvalue weighted by Gasteiger charge is -2.68. The maximum absolute atomic E-state index is 12.9. The van der Waals surface area contributed by atoms with Crippen LogP contribution in [0.2, 0.25) is 0 Å². The van der Waals surface area contributed by atoms with Crippen LogP contribution in [0.3, 0.4) is 0 Å². The Bertz CT molecular complexity index is 941. The molecule has 0 unspecified atom stereocenters. The van der Waals surface area contributed by atoms with Gasteiger partial charge >= 0.3 is 17.9 Å². The standard InChI is InChI=1S/C29H44O6/c1-17(30)33-22-16-24(32)34-25(2,3)20-11-14-27(5)21(29(20,22)7)9-8-18-19(10-13-26(18,27)4)28(6)15-12-23(31)35-28/h18-22H,8-16H2,1-7H3/t18-,19+,20+,21+,22-,26-,27-,28+,29+/m1/s1. The fourth-order valence-corrected chi connectivity index (χ4v) is 10.4. The van der Waals surface area contributed by atoms with Crippen molar-refractivity contribution in [2.45, 2.75) is 124 Å². The predicted molar refractivity (Wildman–Crippen MR) is 130 cm³/mol. The zero-order chi connectivity index (χ0) is 25.6. The highest BCUT2D eigenvalue weighted by Gasteiger charge is 2.71. The van der Waals surface area contributed by atoms with Gasteiger partial charge in [-0.15, -0.1) is 0 Å². The molecule has 0 spiro atoms. The second kappa shape index (κ2) is 7.71. The molecule has 6 heteroatoms. The normalized spacial score (nSPS) is 50.8. The van der Waals surface area contributed by atoms with Crippen LogP contribution in [-0.4, -0.2) is 35.2 Å². The van der Waals surface area contributed by atoms with E-state index in [0.29, 0.717) is 24.2 Å². The van der Waals surface area contributed by atoms with Gasteiger partial charge in [0.2, 0.25) is 0 Å². The molecule has 0 radical (unpaired) electrons. The molecule has 3 saturated carbocycles. The van der Waals surface area contributed by atoms with Gasteiger partial charge < -0.3 is 14.2 Å². The molecule has 35 heavy (non-hydrogen) atoms. The van der Waals surface area contributed by atoms with Gasteiger partial charge in [-0.3, -0.25) is 14.4 Å². The molecule has 0 amide bonds. The summed E-state index contributed by atoms with van der Waals surface area (Å²) in [5, 5.41) is 0. The van der Waals surface area contributed by atoms with Gasteiger partial charge in [0.05, 0.1) is 6.42 Å². The predicted octanol–water partition coefficient (Wildman–Crippen LogP) is 5.60. The van der Waals surface area contributed by atoms with Gasteiger partial charge in [-0.25, -0.2) is 0 Å². The number of esters is 3. The first-order chi connectivity index (χ1) is 16.2. The van der Waals surface area contributed by atoms with E-state index in [1.165, 1.54) is 6.92 Å². The van der Waals surface area contributed by atoms with Crippen LogP contribution in [0.15, 0.2) is 0 Å². The molecule has 0 aromatic rings. The summed E-state index contributed by atoms with van der Waals surface area (Å²) in [4.78, 5) is 37.2. The minimum Gasteiger partial charge on any atom is -0.461 e. The summed E-state index contributed by atoms with van der Waals surface area (Å²) in [6.45, 7) is 14.9. The second-order valence-electron chi connectivity index (χ2n) is 13.8. The Balaban J connectivity index is 1.56. The van der Waals surface area contributed by atoms with Crippen molar-refractivity contribution in [3.8, 4) is 0 Å². The zero-order valence-corrected chi connectivity index (χ0v) is 22.7. The van der Waals surface area contributed by atoms with Gasteiger partial charge in [-0.05, 0) is 88.4 Å². The summed E-state index contributed by atoms with van der Waals surface area (Å²) in [6, 6.07) is 0. The minimum atomic E-state index is -0.608. The first-order valence-electron chi connectivity index (χ1n) is 13.8. The quantitative estimate of drug-likeness (QED) is 0.372. The van der Waals surface area contributed by atoms with Crippen LogP contribution in [0, 0.1) is 39.9 Å². The van der Waals surface area contributed by atoms with Crippen molar-refractivity contribution < 1.29 is 28.6 Å². The van der Waals surface area contributed by atoms with Crippen LogP contribution in [0.25, 0.3) is 0 Å². The first-order valence-corrected chi connectivity index (χ1v) is 13.8. The van der Waals surface area contributed by atoms with E-state index in [2.05, 4.69) is 27.7 Å². The zero-order valence-electron chi connectivity index (χ0n) is 22.7. The van der Waals surface area contributed by atoms with Crippen LogP contribution in [0.5, 0.6) is 0 Å². The van der Waals surface area contributed by atoms with Crippen LogP contribution in [0.4, 0.5) is 0 Å². The molecule has 3 aliphatic carbocycles. The maximum atomic E-state index is 12.9. The fraction of sp³-hybridized carbons (Fsp3) is 0.897. The largest absolute Gasteiger partial charge is 0.461 e. The number of rotatable bonds is 2. The topological polar surface area (TPSA) is 78.9 Å². The molecule has 5 fully saturated rings. The lowest BCUT2D eigenvalue weighted by Crippen LogP contribution is -2.65. The van der Waals surface area contributed by atoms with Gasteiger partial charge in [0.15, 0.2) is 0 Å². The molecule has 9 atom stereocenters. The van der Waals surface area contributed by atoms with Gasteiger partial charge in [-0.1, -0.05) is 20.8 Å². The van der Waals surface area contributed by atoms with Crippen molar-refractivity contribution in [1.82, 2.24) is 0 Å². The van der Waals surface area contributed by atoms with Crippen molar-refractivity contribution in [1.29, 1.82) is 0 Å². The lowest BCUT2D eigenvalue weighted by atomic mass is 9.37. The molecule has 0 aromatic carbocycles. The Hall–Kier alpha value is -1.59. The van der Waals surface area contributed by atoms with Crippen LogP contribution in [-0.2, 0) is 28.6 Å². The Kier molecular flexibility index (Phi) is 5.52. The highest BCUT2D eigenvalue weighted by atomic mass is 16.6. The number of carbonyl (C=O) groups is 3. The van der Waals surface area contributed by atoms with Crippen molar-refractivity contribution in [2.24, 2.45) is 39.9 Å². The Labute approximate surface area is 210 Å². The average molecular weight is 489 g/mol. The van der Waals surface area contributed by atoms with Crippen molar-refractivity contribution in [3.05, 3.63) is 0 Å². The van der Waals surface area contributed by atoms with Crippen LogP contribution in [0.1, 0.15) is 106 Å². The smallest absolute Gasteiger partial charge is 0.310 e. The van der Waals surface area contributed by atoms with Crippen molar-refractivity contribution >= 4 is 17.9 Å². The number of hydrogen-bond acceptors (Lipinski definition) is 6. The van der Waals surface area contributed by atoms with Crippen molar-refractivity contribution in [2.75, 3.05) is 0 Å². The van der Waals surface area contributed by atoms with E-state index in [1.807, 2.05) is 13.8 Å². The summed E-state index contributed by atoms with van der Waals surface area (Å²) in [6.07, 6.45) is 7.35. The highest BCUT2D eigenvalue weighted by molar-refractivity contribution is 5.73. The molecule has 2 heterocycles. The molecule has 196 valence electrons. The summed E-state index contributed by atoms with van der Waals surface area (Å²) in [7, 11) is 0. The van der Waals surface area contributed by atoms with Crippen LogP contribution >= 0.6 is 0 Å². The second-order valence-corrected chi connectivity index (χ2v) is 13.8. The maximum Gasteiger partial charge on any atom is 0.310 e. The fourth-order valence-electron chi connectivity index (χ4n) is 10.4. The van der Waals surface area contributed by atoms with Crippen molar-refractivity contribution in [3.63, 3.8) is 0 Å². The molecular weight excluding hydrogens is 444 g/mol. The number of hydrogen-bond donors (Lipinski definition) is 0. The summed E-state index contributed by atoms with van der Waals surface area (Å²) in [5.41, 5.74) is -1.17. The molecule has 2 saturated heterocycles. The molecule has 2 aliphatic heterocycles. The Morgan fingerprint density at radius 3 is 2.11 bits per heavy atom. The number of fused-ring (bicyclic) bond motifs is 5. The molecule has 5 aliphatic rings. The third-order valence-corrected chi connectivity index (χ3v) is 12.1. The molecule has 0 N–H and O–H groups in total. The Morgan fingerprint density at radius 1 is 0.800 bits per heavy atom. The summed E-state index contributed by atoms with van der Waals surface area (Å²) >= 11 is 0. The lowest BCUT2D eigenvalue weighted by molar-refractivity contribution is -0.231. The van der Waals surface area contributed by atoms with Crippen LogP contribution < -0.4 is 0 Å². The average Bonchev–Trinajstić information content (AvgIpc) is 3.25. The Morgan fingerprint density at radius 2 is 1.49 bits per heavy atom. The highest BCUT2D eigenvalue weighted by Crippen LogP contribution is 2.75. The number of ether oxygens (including phenoxy) is 3. The third kappa shape index (κ3) is 3.36. The number of carbonyl (C=O) groups excluding carboxylic acids is 3. The molecule has 5 rings (SSSR count). The van der Waals surface area contributed by atoms with Gasteiger partial charge in [0, 0.05) is 30.6 Å². The monoisotopic (exact) mass is 488 g/mol. The van der Waals surface area contributed by atoms with E-state index in [9.17, 15) is 14.4 Å². The van der Waals surface area contributed by atoms with Gasteiger partial charge in [0.1, 0.15) is 17.3 Å². The number of cyclic esters (lactones) is 2. The molecule has 0 bridgehead atoms. The first kappa shape index (κ1) is 25.1. The molecule has 6 nitrogen and oxygen atoms in total. The third-order valence-electron chi connectivity index (χ3n) is 12.1. The van der Waals surface area contributed by atoms with E-state index in [-0.39, 0.29) is 52.1 Å². The van der Waals surface area contributed by atoms with E-state index in [1.54, 1.807) is 0 Å². The molecule has 0 aromatic heterocycles. The van der Waals surface area contributed by atoms with E-state index < -0.39 is 11.7 Å². The van der Waals surface area contributed by atoms with E-state index in [0.717, 1.165) is 44.9 Å². The summed E-state index contributed by atoms with van der Waals surface area (Å²) < 4.78 is 17.9. The SMILES string of the molecule is CC(=O)O[C@@H]1CC(=O)OC(C)(C)[C@@H]2CC[C@]3(C)[C@H](CC[C@@H]4[C@@H]([C@]5(C)CCC(=O)O5)CC[C@]43C)[C@@]12C. The summed E-state index contributed by atoms with van der Waals surface area (Å²) in [5.74, 6) is 0.677.